The molecule has 90 valence electrons. The molecule has 1 N–H and O–H groups in total. The van der Waals surface area contributed by atoms with Gasteiger partial charge in [0, 0.05) is 19.2 Å². The van der Waals surface area contributed by atoms with E-state index in [1.165, 1.54) is 21.1 Å². The maximum atomic E-state index is 12.1. The van der Waals surface area contributed by atoms with Gasteiger partial charge in [0.1, 0.15) is 0 Å². The third-order valence-corrected chi connectivity index (χ3v) is 4.94. The van der Waals surface area contributed by atoms with Crippen LogP contribution < -0.4 is 0 Å². The van der Waals surface area contributed by atoms with Crippen LogP contribution in [0.15, 0.2) is 24.3 Å². The van der Waals surface area contributed by atoms with Crippen LogP contribution in [0.2, 0.25) is 5.02 Å². The summed E-state index contributed by atoms with van der Waals surface area (Å²) in [5.74, 6) is 0. The van der Waals surface area contributed by atoms with E-state index in [9.17, 15) is 9.67 Å². The summed E-state index contributed by atoms with van der Waals surface area (Å²) in [6.07, 6.45) is 0. The van der Waals surface area contributed by atoms with Crippen LogP contribution in [0.1, 0.15) is 12.5 Å². The summed E-state index contributed by atoms with van der Waals surface area (Å²) < 4.78 is 21.7. The van der Waals surface area contributed by atoms with E-state index in [1.807, 2.05) is 0 Å². The van der Waals surface area contributed by atoms with E-state index >= 15 is 0 Å². The highest BCUT2D eigenvalue weighted by Gasteiger charge is 2.46. The molecule has 1 rings (SSSR count). The van der Waals surface area contributed by atoms with Crippen LogP contribution in [0.5, 0.6) is 0 Å². The SMILES string of the molecule is COP(=O)(OC)[C@@](C)(O)c1ccc(Cl)cc1. The molecule has 1 aromatic carbocycles. The molecular weight excluding hydrogens is 251 g/mol. The molecule has 0 fully saturated rings. The molecule has 0 aromatic heterocycles. The Labute approximate surface area is 99.7 Å². The normalized spacial score (nSPS) is 15.8. The minimum atomic E-state index is -3.61. The first kappa shape index (κ1) is 13.7. The van der Waals surface area contributed by atoms with Gasteiger partial charge in [0.2, 0.25) is 0 Å². The Bertz CT molecular complexity index is 394. The zero-order valence-electron chi connectivity index (χ0n) is 9.31. The van der Waals surface area contributed by atoms with Gasteiger partial charge in [-0.15, -0.1) is 0 Å². The lowest BCUT2D eigenvalue weighted by Gasteiger charge is -2.29. The summed E-state index contributed by atoms with van der Waals surface area (Å²) in [7, 11) is -1.15. The third-order valence-electron chi connectivity index (χ3n) is 2.41. The summed E-state index contributed by atoms with van der Waals surface area (Å²) in [5, 5.41) is 9.06. The highest BCUT2D eigenvalue weighted by atomic mass is 35.5. The van der Waals surface area contributed by atoms with Crippen molar-refractivity contribution in [2.45, 2.75) is 12.3 Å². The van der Waals surface area contributed by atoms with Crippen molar-refractivity contribution in [2.75, 3.05) is 14.2 Å². The molecule has 0 aliphatic carbocycles. The third kappa shape index (κ3) is 2.31. The molecular formula is C10H14ClO4P. The molecule has 0 heterocycles. The van der Waals surface area contributed by atoms with Gasteiger partial charge in [0.05, 0.1) is 0 Å². The summed E-state index contributed by atoms with van der Waals surface area (Å²) >= 11 is 5.73. The summed E-state index contributed by atoms with van der Waals surface area (Å²) in [6, 6.07) is 6.35. The zero-order valence-corrected chi connectivity index (χ0v) is 11.0. The number of benzene rings is 1. The second-order valence-electron chi connectivity index (χ2n) is 3.39. The van der Waals surface area contributed by atoms with Crippen molar-refractivity contribution < 1.29 is 18.7 Å². The number of hydrogen-bond donors (Lipinski definition) is 1. The van der Waals surface area contributed by atoms with Gasteiger partial charge in [-0.05, 0) is 24.6 Å². The standard InChI is InChI=1S/C10H14ClO4P/c1-10(12,16(13,14-2)15-3)8-4-6-9(11)7-5-8/h4-7,12H,1-3H3/t10-/m1/s1. The van der Waals surface area contributed by atoms with Gasteiger partial charge >= 0.3 is 7.60 Å². The Morgan fingerprint density at radius 2 is 1.69 bits per heavy atom. The van der Waals surface area contributed by atoms with Crippen molar-refractivity contribution in [3.8, 4) is 0 Å². The Morgan fingerprint density at radius 3 is 2.06 bits per heavy atom. The van der Waals surface area contributed by atoms with E-state index in [0.717, 1.165) is 0 Å². The molecule has 0 saturated heterocycles. The van der Waals surface area contributed by atoms with Crippen molar-refractivity contribution in [2.24, 2.45) is 0 Å². The molecule has 0 unspecified atom stereocenters. The number of halogens is 1. The maximum absolute atomic E-state index is 12.1. The molecule has 0 radical (unpaired) electrons. The first-order valence-corrected chi connectivity index (χ1v) is 6.49. The van der Waals surface area contributed by atoms with Gasteiger partial charge in [-0.25, -0.2) is 0 Å². The predicted molar refractivity (Wildman–Crippen MR) is 62.6 cm³/mol. The smallest absolute Gasteiger partial charge is 0.365 e. The maximum Gasteiger partial charge on any atom is 0.365 e. The Morgan fingerprint density at radius 1 is 1.25 bits per heavy atom. The molecule has 1 aromatic rings. The molecule has 4 nitrogen and oxygen atoms in total. The van der Waals surface area contributed by atoms with Crippen molar-refractivity contribution >= 4 is 19.2 Å². The summed E-state index contributed by atoms with van der Waals surface area (Å²) in [5.41, 5.74) is 0.420. The topological polar surface area (TPSA) is 55.8 Å². The summed E-state index contributed by atoms with van der Waals surface area (Å²) in [4.78, 5) is 0. The second kappa shape index (κ2) is 4.86. The lowest BCUT2D eigenvalue weighted by atomic mass is 10.1. The molecule has 0 amide bonds. The van der Waals surface area contributed by atoms with Crippen LogP contribution in [-0.2, 0) is 19.0 Å². The quantitative estimate of drug-likeness (QED) is 0.850. The average molecular weight is 265 g/mol. The van der Waals surface area contributed by atoms with E-state index in [-0.39, 0.29) is 0 Å². The molecule has 0 aliphatic rings. The monoisotopic (exact) mass is 264 g/mol. The van der Waals surface area contributed by atoms with Gasteiger partial charge in [-0.2, -0.15) is 0 Å². The minimum Gasteiger partial charge on any atom is -0.373 e. The van der Waals surface area contributed by atoms with Gasteiger partial charge in [0.25, 0.3) is 0 Å². The van der Waals surface area contributed by atoms with Crippen molar-refractivity contribution in [1.82, 2.24) is 0 Å². The molecule has 0 spiro atoms. The lowest BCUT2D eigenvalue weighted by molar-refractivity contribution is 0.0932. The number of hydrogen-bond acceptors (Lipinski definition) is 4. The van der Waals surface area contributed by atoms with Crippen LogP contribution in [-0.4, -0.2) is 19.3 Å². The van der Waals surface area contributed by atoms with E-state index in [1.54, 1.807) is 24.3 Å². The van der Waals surface area contributed by atoms with E-state index in [4.69, 9.17) is 20.6 Å². The van der Waals surface area contributed by atoms with Crippen LogP contribution in [0.4, 0.5) is 0 Å². The Kier molecular flexibility index (Phi) is 4.16. The summed E-state index contributed by atoms with van der Waals surface area (Å²) in [6.45, 7) is 1.38. The van der Waals surface area contributed by atoms with E-state index in [2.05, 4.69) is 0 Å². The number of rotatable bonds is 4. The first-order valence-electron chi connectivity index (χ1n) is 4.57. The Balaban J connectivity index is 3.19. The van der Waals surface area contributed by atoms with Crippen LogP contribution in [0.3, 0.4) is 0 Å². The zero-order chi connectivity index (χ0) is 12.4. The molecule has 0 saturated carbocycles. The highest BCUT2D eigenvalue weighted by molar-refractivity contribution is 7.54. The minimum absolute atomic E-state index is 0.420. The highest BCUT2D eigenvalue weighted by Crippen LogP contribution is 2.62. The molecule has 0 bridgehead atoms. The van der Waals surface area contributed by atoms with Crippen LogP contribution in [0, 0.1) is 0 Å². The number of aliphatic hydroxyl groups is 1. The second-order valence-corrected chi connectivity index (χ2v) is 6.42. The van der Waals surface area contributed by atoms with E-state index < -0.39 is 12.9 Å². The fourth-order valence-corrected chi connectivity index (χ4v) is 2.81. The van der Waals surface area contributed by atoms with Gasteiger partial charge in [0.15, 0.2) is 5.34 Å². The fraction of sp³-hybridized carbons (Fsp3) is 0.400. The molecule has 0 aliphatic heterocycles. The first-order chi connectivity index (χ1) is 7.37. The van der Waals surface area contributed by atoms with Gasteiger partial charge in [-0.3, -0.25) is 4.57 Å². The van der Waals surface area contributed by atoms with Crippen molar-refractivity contribution in [3.05, 3.63) is 34.9 Å². The average Bonchev–Trinajstić information content (AvgIpc) is 2.28. The van der Waals surface area contributed by atoms with Crippen LogP contribution in [0.25, 0.3) is 0 Å². The van der Waals surface area contributed by atoms with Crippen molar-refractivity contribution in [1.29, 1.82) is 0 Å². The van der Waals surface area contributed by atoms with Gasteiger partial charge < -0.3 is 14.2 Å². The van der Waals surface area contributed by atoms with Gasteiger partial charge in [-0.1, -0.05) is 23.7 Å². The Hall–Kier alpha value is -0.380. The molecule has 1 atom stereocenters. The largest absolute Gasteiger partial charge is 0.373 e. The molecule has 6 heteroatoms. The van der Waals surface area contributed by atoms with Crippen LogP contribution >= 0.6 is 19.2 Å². The molecule has 16 heavy (non-hydrogen) atoms. The van der Waals surface area contributed by atoms with E-state index in [0.29, 0.717) is 10.6 Å². The lowest BCUT2D eigenvalue weighted by Crippen LogP contribution is -2.23. The predicted octanol–water partition coefficient (Wildman–Crippen LogP) is 2.99. The van der Waals surface area contributed by atoms with Crippen molar-refractivity contribution in [3.63, 3.8) is 0 Å². The fourth-order valence-electron chi connectivity index (χ4n) is 1.35.